The summed E-state index contributed by atoms with van der Waals surface area (Å²) in [4.78, 5) is 6.01. The number of nitrogens with zero attached hydrogens (tertiary/aromatic N) is 1. The first-order valence-corrected chi connectivity index (χ1v) is 8.20. The van der Waals surface area contributed by atoms with Gasteiger partial charge in [-0.3, -0.25) is 0 Å². The normalized spacial score (nSPS) is 11.3. The average molecular weight is 357 g/mol. The third-order valence-electron chi connectivity index (χ3n) is 2.88. The molecule has 2 rings (SSSR count). The van der Waals surface area contributed by atoms with Crippen molar-refractivity contribution < 1.29 is 4.39 Å². The summed E-state index contributed by atoms with van der Waals surface area (Å²) < 4.78 is 13.8. The summed E-state index contributed by atoms with van der Waals surface area (Å²) in [5.41, 5.74) is 2.10. The molecule has 0 bridgehead atoms. The fraction of sp³-hybridized carbons (Fsp3) is 0.400. The molecule has 0 fully saturated rings. The maximum atomic E-state index is 13.3. The minimum atomic E-state index is -0.247. The zero-order chi connectivity index (χ0) is 14.7. The van der Waals surface area contributed by atoms with Gasteiger partial charge in [0.1, 0.15) is 10.8 Å². The average Bonchev–Trinajstić information content (AvgIpc) is 2.76. The van der Waals surface area contributed by atoms with Crippen LogP contribution in [0.4, 0.5) is 4.39 Å². The van der Waals surface area contributed by atoms with Crippen LogP contribution in [0.15, 0.2) is 22.7 Å². The molecule has 108 valence electrons. The van der Waals surface area contributed by atoms with E-state index in [1.165, 1.54) is 10.9 Å². The van der Waals surface area contributed by atoms with Crippen molar-refractivity contribution in [3.05, 3.63) is 39.1 Å². The Bertz CT molecular complexity index is 596. The van der Waals surface area contributed by atoms with Gasteiger partial charge in [-0.15, -0.1) is 11.3 Å². The van der Waals surface area contributed by atoms with Crippen LogP contribution in [0.25, 0.3) is 10.6 Å². The molecular weight excluding hydrogens is 339 g/mol. The van der Waals surface area contributed by atoms with Gasteiger partial charge in [0.2, 0.25) is 0 Å². The van der Waals surface area contributed by atoms with Crippen LogP contribution >= 0.6 is 27.3 Å². The number of hydrogen-bond donors (Lipinski definition) is 1. The summed E-state index contributed by atoms with van der Waals surface area (Å²) in [7, 11) is 1.94. The summed E-state index contributed by atoms with van der Waals surface area (Å²) in [5.74, 6) is 0.323. The topological polar surface area (TPSA) is 24.9 Å². The Labute approximate surface area is 131 Å². The molecule has 0 aliphatic heterocycles. The number of thiazole rings is 1. The van der Waals surface area contributed by atoms with E-state index in [-0.39, 0.29) is 5.82 Å². The van der Waals surface area contributed by atoms with Crippen molar-refractivity contribution >= 4 is 27.3 Å². The molecule has 0 saturated heterocycles. The fourth-order valence-corrected chi connectivity index (χ4v) is 3.46. The second-order valence-electron chi connectivity index (χ2n) is 5.15. The summed E-state index contributed by atoms with van der Waals surface area (Å²) >= 11 is 4.91. The molecule has 20 heavy (non-hydrogen) atoms. The fourth-order valence-electron chi connectivity index (χ4n) is 1.98. The number of hydrogen-bond acceptors (Lipinski definition) is 3. The molecular formula is C15H18BrFN2S. The van der Waals surface area contributed by atoms with Crippen molar-refractivity contribution in [1.82, 2.24) is 10.3 Å². The number of benzene rings is 1. The number of halogens is 2. The highest BCUT2D eigenvalue weighted by Gasteiger charge is 2.14. The molecule has 0 unspecified atom stereocenters. The van der Waals surface area contributed by atoms with E-state index in [9.17, 15) is 4.39 Å². The maximum absolute atomic E-state index is 13.3. The van der Waals surface area contributed by atoms with Crippen LogP contribution in [0.3, 0.4) is 0 Å². The third kappa shape index (κ3) is 3.65. The Kier molecular flexibility index (Phi) is 5.29. The van der Waals surface area contributed by atoms with Crippen molar-refractivity contribution in [3.8, 4) is 10.6 Å². The van der Waals surface area contributed by atoms with Crippen LogP contribution in [0.5, 0.6) is 0 Å². The zero-order valence-corrected chi connectivity index (χ0v) is 14.2. The van der Waals surface area contributed by atoms with Gasteiger partial charge in [-0.1, -0.05) is 13.8 Å². The Morgan fingerprint density at radius 2 is 2.15 bits per heavy atom. The van der Waals surface area contributed by atoms with Crippen molar-refractivity contribution in [2.75, 3.05) is 7.05 Å². The molecule has 0 amide bonds. The molecule has 2 nitrogen and oxygen atoms in total. The van der Waals surface area contributed by atoms with E-state index >= 15 is 0 Å². The molecule has 0 aliphatic rings. The van der Waals surface area contributed by atoms with Crippen molar-refractivity contribution in [3.63, 3.8) is 0 Å². The van der Waals surface area contributed by atoms with Gasteiger partial charge >= 0.3 is 0 Å². The van der Waals surface area contributed by atoms with E-state index in [4.69, 9.17) is 4.98 Å². The first kappa shape index (κ1) is 15.6. The number of nitrogens with one attached hydrogen (secondary N) is 1. The van der Waals surface area contributed by atoms with E-state index in [1.807, 2.05) is 7.05 Å². The van der Waals surface area contributed by atoms with Crippen LogP contribution in [0, 0.1) is 11.7 Å². The lowest BCUT2D eigenvalue weighted by Crippen LogP contribution is -2.07. The van der Waals surface area contributed by atoms with Crippen LogP contribution in [-0.2, 0) is 13.0 Å². The van der Waals surface area contributed by atoms with Gasteiger partial charge in [-0.2, -0.15) is 0 Å². The van der Waals surface area contributed by atoms with E-state index in [2.05, 4.69) is 35.1 Å². The van der Waals surface area contributed by atoms with E-state index in [1.54, 1.807) is 23.5 Å². The molecule has 0 radical (unpaired) electrons. The molecule has 0 atom stereocenters. The van der Waals surface area contributed by atoms with Crippen LogP contribution in [0.1, 0.15) is 24.4 Å². The first-order valence-electron chi connectivity index (χ1n) is 6.60. The minimum absolute atomic E-state index is 0.247. The largest absolute Gasteiger partial charge is 0.315 e. The highest BCUT2D eigenvalue weighted by molar-refractivity contribution is 9.10. The lowest BCUT2D eigenvalue weighted by molar-refractivity contribution is 0.621. The van der Waals surface area contributed by atoms with Crippen LogP contribution in [0.2, 0.25) is 0 Å². The van der Waals surface area contributed by atoms with Crippen LogP contribution in [-0.4, -0.2) is 12.0 Å². The highest BCUT2D eigenvalue weighted by atomic mass is 79.9. The molecule has 2 aromatic rings. The molecule has 0 spiro atoms. The molecule has 1 N–H and O–H groups in total. The molecule has 0 aliphatic carbocycles. The standard InChI is InChI=1S/C15H18BrFN2S/c1-9(2)6-13-14(8-18-3)20-15(19-13)10-4-5-12(17)11(16)7-10/h4-5,7,9,18H,6,8H2,1-3H3. The summed E-state index contributed by atoms with van der Waals surface area (Å²) in [6, 6.07) is 5.04. The molecule has 1 aromatic carbocycles. The zero-order valence-electron chi connectivity index (χ0n) is 11.8. The van der Waals surface area contributed by atoms with Crippen molar-refractivity contribution in [1.29, 1.82) is 0 Å². The maximum Gasteiger partial charge on any atom is 0.137 e. The Balaban J connectivity index is 2.38. The van der Waals surface area contributed by atoms with E-state index < -0.39 is 0 Å². The second kappa shape index (κ2) is 6.78. The van der Waals surface area contributed by atoms with Gasteiger partial charge in [0.25, 0.3) is 0 Å². The second-order valence-corrected chi connectivity index (χ2v) is 7.08. The Morgan fingerprint density at radius 3 is 2.75 bits per heavy atom. The smallest absolute Gasteiger partial charge is 0.137 e. The Hall–Kier alpha value is -0.780. The minimum Gasteiger partial charge on any atom is -0.315 e. The quantitative estimate of drug-likeness (QED) is 0.844. The molecule has 5 heteroatoms. The molecule has 1 heterocycles. The van der Waals surface area contributed by atoms with Gasteiger partial charge < -0.3 is 5.32 Å². The predicted octanol–water partition coefficient (Wildman–Crippen LogP) is 4.63. The summed E-state index contributed by atoms with van der Waals surface area (Å²) in [6.07, 6.45) is 0.968. The van der Waals surface area contributed by atoms with Gasteiger partial charge in [-0.05, 0) is 53.5 Å². The van der Waals surface area contributed by atoms with Crippen LogP contribution < -0.4 is 5.32 Å². The van der Waals surface area contributed by atoms with Crippen molar-refractivity contribution in [2.45, 2.75) is 26.8 Å². The Morgan fingerprint density at radius 1 is 1.40 bits per heavy atom. The number of rotatable bonds is 5. The first-order chi connectivity index (χ1) is 9.51. The molecule has 0 saturated carbocycles. The predicted molar refractivity (Wildman–Crippen MR) is 86.5 cm³/mol. The van der Waals surface area contributed by atoms with Gasteiger partial charge in [0.15, 0.2) is 0 Å². The SMILES string of the molecule is CNCc1sc(-c2ccc(F)c(Br)c2)nc1CC(C)C. The van der Waals surface area contributed by atoms with E-state index in [0.29, 0.717) is 10.4 Å². The summed E-state index contributed by atoms with van der Waals surface area (Å²) in [5, 5.41) is 4.13. The molecule has 1 aromatic heterocycles. The highest BCUT2D eigenvalue weighted by Crippen LogP contribution is 2.31. The van der Waals surface area contributed by atoms with Crippen molar-refractivity contribution in [2.24, 2.45) is 5.92 Å². The van der Waals surface area contributed by atoms with Gasteiger partial charge in [0.05, 0.1) is 10.2 Å². The summed E-state index contributed by atoms with van der Waals surface area (Å²) in [6.45, 7) is 5.20. The number of aromatic nitrogens is 1. The lowest BCUT2D eigenvalue weighted by atomic mass is 10.1. The monoisotopic (exact) mass is 356 g/mol. The van der Waals surface area contributed by atoms with E-state index in [0.717, 1.165) is 29.2 Å². The van der Waals surface area contributed by atoms with Gasteiger partial charge in [-0.25, -0.2) is 9.37 Å². The lowest BCUT2D eigenvalue weighted by Gasteiger charge is -2.03. The third-order valence-corrected chi connectivity index (χ3v) is 4.64. The van der Waals surface area contributed by atoms with Gasteiger partial charge in [0, 0.05) is 17.0 Å².